The van der Waals surface area contributed by atoms with E-state index in [4.69, 9.17) is 12.2 Å². The van der Waals surface area contributed by atoms with Gasteiger partial charge in [0.2, 0.25) is 0 Å². The Morgan fingerprint density at radius 3 is 1.90 bits per heavy atom. The fraction of sp³-hybridized carbons (Fsp3) is 0.200. The van der Waals surface area contributed by atoms with Gasteiger partial charge in [-0.2, -0.15) is 5.26 Å². The van der Waals surface area contributed by atoms with Gasteiger partial charge in [0.1, 0.15) is 6.07 Å². The third-order valence-corrected chi connectivity index (χ3v) is 5.84. The van der Waals surface area contributed by atoms with Gasteiger partial charge in [-0.3, -0.25) is 0 Å². The predicted octanol–water partition coefficient (Wildman–Crippen LogP) is 4.34. The fourth-order valence-corrected chi connectivity index (χ4v) is 4.16. The lowest BCUT2D eigenvalue weighted by Gasteiger charge is -2.38. The molecule has 0 aliphatic carbocycles. The minimum absolute atomic E-state index is 0.0113. The summed E-state index contributed by atoms with van der Waals surface area (Å²) in [6.45, 7) is 3.31. The zero-order chi connectivity index (χ0) is 20.8. The first-order valence-electron chi connectivity index (χ1n) is 10.2. The van der Waals surface area contributed by atoms with E-state index < -0.39 is 0 Å². The Morgan fingerprint density at radius 2 is 1.33 bits per heavy atom. The Kier molecular flexibility index (Phi) is 6.26. The number of para-hydroxylation sites is 1. The Balaban J connectivity index is 1.45. The number of anilines is 1. The van der Waals surface area contributed by atoms with Crippen LogP contribution < -0.4 is 10.2 Å². The lowest BCUT2D eigenvalue weighted by Crippen LogP contribution is -2.52. The molecule has 150 valence electrons. The van der Waals surface area contributed by atoms with Gasteiger partial charge in [0, 0.05) is 26.2 Å². The molecule has 30 heavy (non-hydrogen) atoms. The molecule has 3 aromatic rings. The molecular weight excluding hydrogens is 388 g/mol. The van der Waals surface area contributed by atoms with E-state index in [-0.39, 0.29) is 6.04 Å². The van der Waals surface area contributed by atoms with Gasteiger partial charge in [0.05, 0.1) is 17.3 Å². The maximum absolute atomic E-state index is 9.39. The third-order valence-electron chi connectivity index (χ3n) is 5.47. The number of nitrogens with one attached hydrogen (secondary N) is 1. The van der Waals surface area contributed by atoms with Crippen molar-refractivity contribution in [3.8, 4) is 6.07 Å². The van der Waals surface area contributed by atoms with Crippen LogP contribution in [0.2, 0.25) is 0 Å². The zero-order valence-corrected chi connectivity index (χ0v) is 17.6. The van der Waals surface area contributed by atoms with Crippen molar-refractivity contribution in [1.82, 2.24) is 10.2 Å². The van der Waals surface area contributed by atoms with Gasteiger partial charge in [0.15, 0.2) is 5.11 Å². The van der Waals surface area contributed by atoms with Gasteiger partial charge < -0.3 is 15.1 Å². The minimum Gasteiger partial charge on any atom is -0.367 e. The molecule has 1 saturated heterocycles. The number of hydrogen-bond acceptors (Lipinski definition) is 3. The number of hydrogen-bond donors (Lipinski definition) is 1. The topological polar surface area (TPSA) is 42.3 Å². The Morgan fingerprint density at radius 1 is 0.800 bits per heavy atom. The normalized spacial score (nSPS) is 13.7. The van der Waals surface area contributed by atoms with Crippen molar-refractivity contribution in [3.05, 3.63) is 102 Å². The van der Waals surface area contributed by atoms with Crippen LogP contribution in [-0.4, -0.2) is 36.2 Å². The average Bonchev–Trinajstić information content (AvgIpc) is 2.83. The minimum atomic E-state index is 0.0113. The predicted molar refractivity (Wildman–Crippen MR) is 125 cm³/mol. The van der Waals surface area contributed by atoms with Gasteiger partial charge in [-0.1, -0.05) is 72.8 Å². The summed E-state index contributed by atoms with van der Waals surface area (Å²) >= 11 is 5.80. The number of nitrogens with zero attached hydrogens (tertiary/aromatic N) is 3. The number of rotatable bonds is 4. The van der Waals surface area contributed by atoms with Crippen molar-refractivity contribution in [2.45, 2.75) is 6.04 Å². The van der Waals surface area contributed by atoms with Crippen LogP contribution in [-0.2, 0) is 0 Å². The SMILES string of the molecule is N#Cc1ccccc1N1CCN(C(=S)NC(c2ccccc2)c2ccccc2)CC1. The van der Waals surface area contributed by atoms with Crippen LogP contribution in [0.3, 0.4) is 0 Å². The van der Waals surface area contributed by atoms with Gasteiger partial charge in [-0.05, 0) is 35.5 Å². The van der Waals surface area contributed by atoms with E-state index in [0.29, 0.717) is 0 Å². The first-order valence-corrected chi connectivity index (χ1v) is 10.6. The van der Waals surface area contributed by atoms with E-state index >= 15 is 0 Å². The molecule has 0 amide bonds. The van der Waals surface area contributed by atoms with Crippen molar-refractivity contribution in [1.29, 1.82) is 5.26 Å². The molecule has 0 unspecified atom stereocenters. The quantitative estimate of drug-likeness (QED) is 0.646. The van der Waals surface area contributed by atoms with E-state index in [9.17, 15) is 5.26 Å². The van der Waals surface area contributed by atoms with Crippen molar-refractivity contribution in [3.63, 3.8) is 0 Å². The molecule has 0 radical (unpaired) electrons. The van der Waals surface area contributed by atoms with Crippen molar-refractivity contribution >= 4 is 23.0 Å². The van der Waals surface area contributed by atoms with E-state index in [1.165, 1.54) is 11.1 Å². The third kappa shape index (κ3) is 4.45. The fourth-order valence-electron chi connectivity index (χ4n) is 3.86. The summed E-state index contributed by atoms with van der Waals surface area (Å²) in [7, 11) is 0. The van der Waals surface area contributed by atoms with Crippen LogP contribution in [0.4, 0.5) is 5.69 Å². The standard InChI is InChI=1S/C25H24N4S/c26-19-22-13-7-8-14-23(22)28-15-17-29(18-16-28)25(30)27-24(20-9-3-1-4-10-20)21-11-5-2-6-12-21/h1-14,24H,15-18H2,(H,27,30). The van der Waals surface area contributed by atoms with E-state index in [0.717, 1.165) is 42.5 Å². The van der Waals surface area contributed by atoms with Crippen LogP contribution in [0.25, 0.3) is 0 Å². The molecule has 0 saturated carbocycles. The molecule has 1 N–H and O–H groups in total. The first-order chi connectivity index (χ1) is 14.8. The summed E-state index contributed by atoms with van der Waals surface area (Å²) in [6.07, 6.45) is 0. The molecule has 4 rings (SSSR count). The lowest BCUT2D eigenvalue weighted by molar-refractivity contribution is 0.377. The maximum Gasteiger partial charge on any atom is 0.169 e. The summed E-state index contributed by atoms with van der Waals surface area (Å²) in [5.41, 5.74) is 4.10. The van der Waals surface area contributed by atoms with Crippen LogP contribution in [0, 0.1) is 11.3 Å². The Labute approximate surface area is 183 Å². The number of piperazine rings is 1. The molecule has 0 spiro atoms. The van der Waals surface area contributed by atoms with Crippen LogP contribution in [0.5, 0.6) is 0 Å². The summed E-state index contributed by atoms with van der Waals surface area (Å²) < 4.78 is 0. The second-order valence-corrected chi connectivity index (χ2v) is 7.69. The molecule has 1 aliphatic heterocycles. The highest BCUT2D eigenvalue weighted by molar-refractivity contribution is 7.80. The molecule has 1 fully saturated rings. The number of thiocarbonyl (C=S) groups is 1. The smallest absolute Gasteiger partial charge is 0.169 e. The van der Waals surface area contributed by atoms with E-state index in [1.807, 2.05) is 36.4 Å². The molecule has 4 nitrogen and oxygen atoms in total. The Bertz CT molecular complexity index is 982. The molecule has 5 heteroatoms. The molecule has 1 aliphatic rings. The zero-order valence-electron chi connectivity index (χ0n) is 16.7. The average molecular weight is 413 g/mol. The summed E-state index contributed by atoms with van der Waals surface area (Å²) in [6, 6.07) is 30.9. The van der Waals surface area contributed by atoms with E-state index in [2.05, 4.69) is 69.7 Å². The molecule has 3 aromatic carbocycles. The van der Waals surface area contributed by atoms with Crippen LogP contribution in [0.1, 0.15) is 22.7 Å². The molecule has 0 bridgehead atoms. The largest absolute Gasteiger partial charge is 0.367 e. The van der Waals surface area contributed by atoms with Crippen molar-refractivity contribution in [2.24, 2.45) is 0 Å². The highest BCUT2D eigenvalue weighted by Gasteiger charge is 2.23. The monoisotopic (exact) mass is 412 g/mol. The highest BCUT2D eigenvalue weighted by atomic mass is 32.1. The van der Waals surface area contributed by atoms with Crippen LogP contribution >= 0.6 is 12.2 Å². The molecule has 0 atom stereocenters. The molecular formula is C25H24N4S. The summed E-state index contributed by atoms with van der Waals surface area (Å²) in [5.74, 6) is 0. The summed E-state index contributed by atoms with van der Waals surface area (Å²) in [4.78, 5) is 4.49. The van der Waals surface area contributed by atoms with Gasteiger partial charge in [-0.15, -0.1) is 0 Å². The second-order valence-electron chi connectivity index (χ2n) is 7.31. The van der Waals surface area contributed by atoms with Gasteiger partial charge in [0.25, 0.3) is 0 Å². The molecule has 0 aromatic heterocycles. The van der Waals surface area contributed by atoms with E-state index in [1.54, 1.807) is 0 Å². The second kappa shape index (κ2) is 9.43. The Hall–Kier alpha value is -3.36. The van der Waals surface area contributed by atoms with Gasteiger partial charge in [-0.25, -0.2) is 0 Å². The maximum atomic E-state index is 9.39. The summed E-state index contributed by atoms with van der Waals surface area (Å²) in [5, 5.41) is 13.7. The highest BCUT2D eigenvalue weighted by Crippen LogP contribution is 2.24. The first kappa shape index (κ1) is 19.9. The van der Waals surface area contributed by atoms with Crippen LogP contribution in [0.15, 0.2) is 84.9 Å². The van der Waals surface area contributed by atoms with Crippen molar-refractivity contribution in [2.75, 3.05) is 31.1 Å². The number of nitriles is 1. The van der Waals surface area contributed by atoms with Gasteiger partial charge >= 0.3 is 0 Å². The lowest BCUT2D eigenvalue weighted by atomic mass is 9.99. The molecule has 1 heterocycles. The number of benzene rings is 3. The van der Waals surface area contributed by atoms with Crippen molar-refractivity contribution < 1.29 is 0 Å².